The first-order chi connectivity index (χ1) is 15.6. The highest BCUT2D eigenvalue weighted by molar-refractivity contribution is 7.91. The molecule has 0 bridgehead atoms. The van der Waals surface area contributed by atoms with Crippen molar-refractivity contribution >= 4 is 27.1 Å². The van der Waals surface area contributed by atoms with Gasteiger partial charge in [-0.25, -0.2) is 19.0 Å². The zero-order valence-corrected chi connectivity index (χ0v) is 18.6. The summed E-state index contributed by atoms with van der Waals surface area (Å²) in [6.45, 7) is -0.265. The number of aromatic nitrogens is 2. The number of nitrogens with zero attached hydrogens (tertiary/aromatic N) is 3. The van der Waals surface area contributed by atoms with Crippen LogP contribution in [-0.4, -0.2) is 58.3 Å². The number of pyridine rings is 2. The lowest BCUT2D eigenvalue weighted by Crippen LogP contribution is -2.50. The fraction of sp³-hybridized carbons (Fsp3) is 0.421. The first-order valence-electron chi connectivity index (χ1n) is 9.60. The van der Waals surface area contributed by atoms with Gasteiger partial charge in [-0.15, -0.1) is 0 Å². The summed E-state index contributed by atoms with van der Waals surface area (Å²) in [5, 5.41) is 2.16. The molecule has 186 valence electrons. The van der Waals surface area contributed by atoms with Crippen LogP contribution in [0.15, 0.2) is 29.6 Å². The van der Waals surface area contributed by atoms with Crippen molar-refractivity contribution in [1.29, 1.82) is 4.78 Å². The first kappa shape index (κ1) is 25.7. The van der Waals surface area contributed by atoms with E-state index >= 15 is 0 Å². The molecule has 1 unspecified atom stereocenters. The smallest absolute Gasteiger partial charge is 0.365 e. The molecule has 1 amide bonds. The highest BCUT2D eigenvalue weighted by Gasteiger charge is 2.44. The van der Waals surface area contributed by atoms with Crippen LogP contribution in [0.25, 0.3) is 0 Å². The number of morpholine rings is 1. The third-order valence-corrected chi connectivity index (χ3v) is 6.00. The van der Waals surface area contributed by atoms with E-state index < -0.39 is 57.3 Å². The Morgan fingerprint density at radius 1 is 1.26 bits per heavy atom. The molecule has 0 radical (unpaired) electrons. The molecular formula is C19H19F6N5O3S. The van der Waals surface area contributed by atoms with Gasteiger partial charge in [0, 0.05) is 30.9 Å². The molecule has 1 aliphatic rings. The van der Waals surface area contributed by atoms with Crippen molar-refractivity contribution < 1.29 is 40.1 Å². The van der Waals surface area contributed by atoms with Crippen molar-refractivity contribution in [2.45, 2.75) is 30.4 Å². The third kappa shape index (κ3) is 5.58. The monoisotopic (exact) mass is 511 g/mol. The summed E-state index contributed by atoms with van der Waals surface area (Å²) in [6.07, 6.45) is -9.09. The summed E-state index contributed by atoms with van der Waals surface area (Å²) >= 11 is 0. The number of carbonyl (C=O) groups excluding carboxylic acids is 1. The molecule has 0 aliphatic carbocycles. The van der Waals surface area contributed by atoms with E-state index in [0.717, 1.165) is 30.3 Å². The van der Waals surface area contributed by atoms with E-state index in [1.165, 1.54) is 6.07 Å². The largest absolute Gasteiger partial charge is 0.418 e. The molecular weight excluding hydrogens is 492 g/mol. The molecule has 2 N–H and O–H groups in total. The third-order valence-electron chi connectivity index (χ3n) is 4.97. The number of hydrogen-bond donors (Lipinski definition) is 2. The molecule has 2 atom stereocenters. The molecule has 2 aromatic heterocycles. The van der Waals surface area contributed by atoms with Crippen LogP contribution in [0, 0.1) is 11.7 Å². The fourth-order valence-electron chi connectivity index (χ4n) is 3.32. The molecule has 1 fully saturated rings. The topological polar surface area (TPSA) is 108 Å². The van der Waals surface area contributed by atoms with Crippen LogP contribution >= 0.6 is 0 Å². The van der Waals surface area contributed by atoms with Gasteiger partial charge in [-0.2, -0.15) is 26.3 Å². The van der Waals surface area contributed by atoms with Gasteiger partial charge < -0.3 is 15.0 Å². The number of ether oxygens (including phenoxy) is 1. The Morgan fingerprint density at radius 2 is 1.94 bits per heavy atom. The Kier molecular flexibility index (Phi) is 6.81. The number of rotatable bonds is 4. The summed E-state index contributed by atoms with van der Waals surface area (Å²) in [5.41, 5.74) is -2.34. The first-order valence-corrected chi connectivity index (χ1v) is 11.6. The molecule has 2 aromatic rings. The van der Waals surface area contributed by atoms with E-state index in [1.807, 2.05) is 0 Å². The highest BCUT2D eigenvalue weighted by Crippen LogP contribution is 2.37. The Morgan fingerprint density at radius 3 is 2.53 bits per heavy atom. The zero-order valence-electron chi connectivity index (χ0n) is 17.8. The average Bonchev–Trinajstić information content (AvgIpc) is 2.71. The molecule has 3 rings (SSSR count). The molecule has 3 heterocycles. The molecule has 0 saturated carbocycles. The molecule has 8 nitrogen and oxygen atoms in total. The van der Waals surface area contributed by atoms with Crippen molar-refractivity contribution in [1.82, 2.24) is 9.97 Å². The maximum absolute atomic E-state index is 13.5. The van der Waals surface area contributed by atoms with Gasteiger partial charge in [0.25, 0.3) is 5.91 Å². The van der Waals surface area contributed by atoms with Gasteiger partial charge in [0.05, 0.1) is 34.0 Å². The Bertz CT molecular complexity index is 1200. The standard InChI is InChI=1S/C19H19F6N5O3S/c1-10-12(18(20,21)22)8-28-16(30-5-6-33-13(9-30)19(23,24)25)15(10)17(31)29-11-3-4-27-14(7-11)34(2,26)32/h3-4,7-8,13,26H,5-6,9H2,1-2H3,(H,27,29,31)/t13?,34-/m1/s1. The van der Waals surface area contributed by atoms with Crippen molar-refractivity contribution in [3.63, 3.8) is 0 Å². The molecule has 15 heteroatoms. The predicted molar refractivity (Wildman–Crippen MR) is 109 cm³/mol. The number of halogens is 6. The van der Waals surface area contributed by atoms with Crippen LogP contribution in [0.4, 0.5) is 37.8 Å². The van der Waals surface area contributed by atoms with Gasteiger partial charge in [0.2, 0.25) is 0 Å². The van der Waals surface area contributed by atoms with E-state index in [1.54, 1.807) is 0 Å². The number of nitrogens with one attached hydrogen (secondary N) is 2. The maximum Gasteiger partial charge on any atom is 0.418 e. The molecule has 0 aromatic carbocycles. The maximum atomic E-state index is 13.5. The summed E-state index contributed by atoms with van der Waals surface area (Å²) in [4.78, 5) is 21.6. The SMILES string of the molecule is Cc1c(C(F)(F)F)cnc(N2CCOC(C(F)(F)F)C2)c1C(=O)Nc1ccnc([S@](C)(=N)=O)c1. The highest BCUT2D eigenvalue weighted by atomic mass is 32.2. The van der Waals surface area contributed by atoms with Crippen molar-refractivity contribution in [2.24, 2.45) is 0 Å². The van der Waals surface area contributed by atoms with Gasteiger partial charge in [0.1, 0.15) is 10.8 Å². The number of alkyl halides is 6. The Labute approximate surface area is 190 Å². The van der Waals surface area contributed by atoms with Gasteiger partial charge in [-0.1, -0.05) is 0 Å². The summed E-state index contributed by atoms with van der Waals surface area (Å²) in [7, 11) is -3.26. The molecule has 1 aliphatic heterocycles. The summed E-state index contributed by atoms with van der Waals surface area (Å²) in [5.74, 6) is -1.44. The van der Waals surface area contributed by atoms with E-state index in [-0.39, 0.29) is 29.7 Å². The van der Waals surface area contributed by atoms with E-state index in [9.17, 15) is 35.3 Å². The van der Waals surface area contributed by atoms with Crippen molar-refractivity contribution in [2.75, 3.05) is 36.2 Å². The second-order valence-corrected chi connectivity index (χ2v) is 9.63. The van der Waals surface area contributed by atoms with E-state index in [4.69, 9.17) is 9.52 Å². The lowest BCUT2D eigenvalue weighted by atomic mass is 10.0. The van der Waals surface area contributed by atoms with Gasteiger partial charge in [-0.05, 0) is 24.6 Å². The normalized spacial score (nSPS) is 18.9. The van der Waals surface area contributed by atoms with Crippen LogP contribution in [0.5, 0.6) is 0 Å². The second kappa shape index (κ2) is 9.02. The van der Waals surface area contributed by atoms with Gasteiger partial charge in [0.15, 0.2) is 6.10 Å². The Balaban J connectivity index is 2.06. The van der Waals surface area contributed by atoms with Crippen LogP contribution in [0.3, 0.4) is 0 Å². The number of hydrogen-bond acceptors (Lipinski definition) is 7. The number of amides is 1. The summed E-state index contributed by atoms with van der Waals surface area (Å²) < 4.78 is 104. The van der Waals surface area contributed by atoms with Crippen LogP contribution < -0.4 is 10.2 Å². The van der Waals surface area contributed by atoms with Gasteiger partial charge >= 0.3 is 12.4 Å². The minimum atomic E-state index is -4.87. The second-order valence-electron chi connectivity index (χ2n) is 7.52. The van der Waals surface area contributed by atoms with Crippen LogP contribution in [-0.2, 0) is 20.6 Å². The fourth-order valence-corrected chi connectivity index (χ4v) is 3.93. The summed E-state index contributed by atoms with van der Waals surface area (Å²) in [6, 6.07) is 2.38. The van der Waals surface area contributed by atoms with E-state index in [2.05, 4.69) is 15.3 Å². The molecule has 1 saturated heterocycles. The minimum absolute atomic E-state index is 0.0188. The lowest BCUT2D eigenvalue weighted by Gasteiger charge is -2.35. The van der Waals surface area contributed by atoms with E-state index in [0.29, 0.717) is 6.20 Å². The quantitative estimate of drug-likeness (QED) is 0.604. The zero-order chi connectivity index (χ0) is 25.5. The number of anilines is 2. The lowest BCUT2D eigenvalue weighted by molar-refractivity contribution is -0.221. The van der Waals surface area contributed by atoms with Gasteiger partial charge in [-0.3, -0.25) is 4.79 Å². The number of carbonyl (C=O) groups is 1. The van der Waals surface area contributed by atoms with Crippen LogP contribution in [0.2, 0.25) is 0 Å². The Hall–Kier alpha value is -2.94. The van der Waals surface area contributed by atoms with Crippen molar-refractivity contribution in [3.05, 3.63) is 41.2 Å². The van der Waals surface area contributed by atoms with Crippen LogP contribution in [0.1, 0.15) is 21.5 Å². The van der Waals surface area contributed by atoms with Crippen molar-refractivity contribution in [3.8, 4) is 0 Å². The molecule has 34 heavy (non-hydrogen) atoms. The average molecular weight is 511 g/mol. The molecule has 0 spiro atoms. The predicted octanol–water partition coefficient (Wildman–Crippen LogP) is 3.86. The minimum Gasteiger partial charge on any atom is -0.365 e.